The molecule has 3 nitrogen and oxygen atoms in total. The molecule has 5 aliphatic carbocycles. The summed E-state index contributed by atoms with van der Waals surface area (Å²) in [7, 11) is 2.00. The van der Waals surface area contributed by atoms with Crippen molar-refractivity contribution < 1.29 is 9.47 Å². The number of aryl methyl sites for hydroxylation is 1. The summed E-state index contributed by atoms with van der Waals surface area (Å²) < 4.78 is 12.8. The maximum Gasteiger partial charge on any atom is 0.140 e. The van der Waals surface area contributed by atoms with Crippen molar-refractivity contribution in [3.63, 3.8) is 0 Å². The molecule has 0 aromatic carbocycles. The standard InChI is InChI=1S/C28H41NO2/c1-17-24(7-6-14-29-17)31-18(2)21-8-9-22-20-15-25(30-5)28-16-19(28)10-13-27(28,4)23(20)11-12-26(21,22)3/h6-7,14,18-23,25H,8-13,15-16H2,1-5H3/t18-,19?,20-,21+,22-,23-,25?,26+,27+,28-/m0/s1. The van der Waals surface area contributed by atoms with Gasteiger partial charge in [0.05, 0.1) is 17.9 Å². The zero-order valence-corrected chi connectivity index (χ0v) is 20.2. The molecular weight excluding hydrogens is 382 g/mol. The highest BCUT2D eigenvalue weighted by Crippen LogP contribution is 2.82. The van der Waals surface area contributed by atoms with E-state index >= 15 is 0 Å². The molecule has 5 saturated carbocycles. The molecule has 1 aromatic heterocycles. The van der Waals surface area contributed by atoms with Gasteiger partial charge in [0, 0.05) is 24.6 Å². The van der Waals surface area contributed by atoms with Gasteiger partial charge in [-0.2, -0.15) is 0 Å². The Morgan fingerprint density at radius 1 is 1.10 bits per heavy atom. The summed E-state index contributed by atoms with van der Waals surface area (Å²) in [6.45, 7) is 9.67. The predicted molar refractivity (Wildman–Crippen MR) is 123 cm³/mol. The minimum atomic E-state index is 0.248. The van der Waals surface area contributed by atoms with Gasteiger partial charge < -0.3 is 9.47 Å². The normalized spacial score (nSPS) is 50.7. The van der Waals surface area contributed by atoms with Crippen LogP contribution in [0.4, 0.5) is 0 Å². The summed E-state index contributed by atoms with van der Waals surface area (Å²) >= 11 is 0. The minimum absolute atomic E-state index is 0.248. The van der Waals surface area contributed by atoms with Crippen molar-refractivity contribution in [2.24, 2.45) is 45.8 Å². The molecule has 5 fully saturated rings. The molecule has 1 heterocycles. The number of hydrogen-bond acceptors (Lipinski definition) is 3. The van der Waals surface area contributed by atoms with Crippen LogP contribution in [0.25, 0.3) is 0 Å². The van der Waals surface area contributed by atoms with Crippen LogP contribution in [0.3, 0.4) is 0 Å². The van der Waals surface area contributed by atoms with Crippen molar-refractivity contribution in [1.29, 1.82) is 0 Å². The molecule has 1 spiro atoms. The minimum Gasteiger partial charge on any atom is -0.489 e. The highest BCUT2D eigenvalue weighted by Gasteiger charge is 2.77. The second kappa shape index (κ2) is 6.72. The van der Waals surface area contributed by atoms with Gasteiger partial charge in [0.2, 0.25) is 0 Å². The van der Waals surface area contributed by atoms with Crippen molar-refractivity contribution in [1.82, 2.24) is 4.98 Å². The summed E-state index contributed by atoms with van der Waals surface area (Å²) in [6, 6.07) is 4.08. The molecule has 0 bridgehead atoms. The van der Waals surface area contributed by atoms with Gasteiger partial charge in [-0.05, 0) is 112 Å². The molecule has 31 heavy (non-hydrogen) atoms. The van der Waals surface area contributed by atoms with Crippen molar-refractivity contribution in [3.8, 4) is 5.75 Å². The van der Waals surface area contributed by atoms with E-state index in [1.165, 1.54) is 51.4 Å². The molecule has 0 N–H and O–H groups in total. The van der Waals surface area contributed by atoms with Gasteiger partial charge in [-0.1, -0.05) is 13.8 Å². The second-order valence-corrected chi connectivity index (χ2v) is 12.4. The van der Waals surface area contributed by atoms with Crippen molar-refractivity contribution >= 4 is 0 Å². The van der Waals surface area contributed by atoms with Gasteiger partial charge in [0.15, 0.2) is 0 Å². The first-order valence-corrected chi connectivity index (χ1v) is 13.0. The van der Waals surface area contributed by atoms with E-state index in [1.807, 2.05) is 19.4 Å². The maximum absolute atomic E-state index is 6.55. The zero-order valence-electron chi connectivity index (χ0n) is 20.2. The third kappa shape index (κ3) is 2.53. The molecule has 5 aliphatic rings. The smallest absolute Gasteiger partial charge is 0.140 e. The third-order valence-corrected chi connectivity index (χ3v) is 11.7. The van der Waals surface area contributed by atoms with Crippen LogP contribution in [0, 0.1) is 52.8 Å². The quantitative estimate of drug-likeness (QED) is 0.558. The fourth-order valence-corrected chi connectivity index (χ4v) is 10.3. The van der Waals surface area contributed by atoms with E-state index < -0.39 is 0 Å². The van der Waals surface area contributed by atoms with Crippen LogP contribution in [-0.2, 0) is 4.74 Å². The van der Waals surface area contributed by atoms with Gasteiger partial charge in [-0.15, -0.1) is 0 Å². The average molecular weight is 424 g/mol. The highest BCUT2D eigenvalue weighted by atomic mass is 16.5. The number of hydrogen-bond donors (Lipinski definition) is 0. The van der Waals surface area contributed by atoms with Gasteiger partial charge in [0.25, 0.3) is 0 Å². The lowest BCUT2D eigenvalue weighted by atomic mass is 9.45. The van der Waals surface area contributed by atoms with E-state index in [1.54, 1.807) is 0 Å². The summed E-state index contributed by atoms with van der Waals surface area (Å²) in [4.78, 5) is 4.44. The third-order valence-electron chi connectivity index (χ3n) is 11.7. The molecule has 170 valence electrons. The van der Waals surface area contributed by atoms with Crippen LogP contribution < -0.4 is 4.74 Å². The number of pyridine rings is 1. The van der Waals surface area contributed by atoms with Crippen LogP contribution >= 0.6 is 0 Å². The summed E-state index contributed by atoms with van der Waals surface area (Å²) in [5.74, 6) is 5.16. The van der Waals surface area contributed by atoms with E-state index in [0.717, 1.165) is 35.1 Å². The summed E-state index contributed by atoms with van der Waals surface area (Å²) in [6.07, 6.45) is 13.8. The Labute approximate surface area is 188 Å². The lowest BCUT2D eigenvalue weighted by Gasteiger charge is -2.61. The zero-order chi connectivity index (χ0) is 21.6. The number of methoxy groups -OCH3 is 1. The molecule has 0 radical (unpaired) electrons. The molecule has 10 atom stereocenters. The number of aromatic nitrogens is 1. The monoisotopic (exact) mass is 423 g/mol. The Morgan fingerprint density at radius 2 is 1.94 bits per heavy atom. The first-order valence-electron chi connectivity index (χ1n) is 13.0. The van der Waals surface area contributed by atoms with Crippen molar-refractivity contribution in [3.05, 3.63) is 24.0 Å². The van der Waals surface area contributed by atoms with Crippen LogP contribution in [-0.4, -0.2) is 24.3 Å². The number of nitrogens with zero attached hydrogens (tertiary/aromatic N) is 1. The van der Waals surface area contributed by atoms with Crippen LogP contribution in [0.15, 0.2) is 18.3 Å². The number of fused-ring (bicyclic) bond motifs is 4. The average Bonchev–Trinajstić information content (AvgIpc) is 3.26. The number of ether oxygens (including phenoxy) is 2. The van der Waals surface area contributed by atoms with E-state index in [0.29, 0.717) is 28.3 Å². The molecule has 2 unspecified atom stereocenters. The largest absolute Gasteiger partial charge is 0.489 e. The van der Waals surface area contributed by atoms with Gasteiger partial charge in [0.1, 0.15) is 5.75 Å². The summed E-state index contributed by atoms with van der Waals surface area (Å²) in [5, 5.41) is 0. The molecular formula is C28H41NO2. The van der Waals surface area contributed by atoms with E-state index in [2.05, 4.69) is 38.7 Å². The fourth-order valence-electron chi connectivity index (χ4n) is 10.3. The van der Waals surface area contributed by atoms with Crippen LogP contribution in [0.2, 0.25) is 0 Å². The number of rotatable bonds is 4. The predicted octanol–water partition coefficient (Wildman–Crippen LogP) is 6.44. The molecule has 1 aromatic rings. The van der Waals surface area contributed by atoms with E-state index in [4.69, 9.17) is 9.47 Å². The SMILES string of the molecule is COC1C[C@H]2[C@@H]3CC[C@H]([C@H](C)Oc4cccnc4C)[C@@]3(C)CC[C@@H]2[C@@]2(C)CCC3C[C@]312. The summed E-state index contributed by atoms with van der Waals surface area (Å²) in [5.41, 5.74) is 2.46. The van der Waals surface area contributed by atoms with E-state index in [-0.39, 0.29) is 6.10 Å². The first-order chi connectivity index (χ1) is 14.8. The molecule has 0 amide bonds. The molecule has 3 heteroatoms. The van der Waals surface area contributed by atoms with Gasteiger partial charge in [-0.25, -0.2) is 0 Å². The van der Waals surface area contributed by atoms with Gasteiger partial charge >= 0.3 is 0 Å². The lowest BCUT2D eigenvalue weighted by molar-refractivity contribution is -0.162. The Bertz CT molecular complexity index is 870. The van der Waals surface area contributed by atoms with E-state index in [9.17, 15) is 0 Å². The van der Waals surface area contributed by atoms with Crippen LogP contribution in [0.5, 0.6) is 5.75 Å². The lowest BCUT2D eigenvalue weighted by Crippen LogP contribution is -2.57. The maximum atomic E-state index is 6.55. The van der Waals surface area contributed by atoms with Crippen molar-refractivity contribution in [2.75, 3.05) is 7.11 Å². The van der Waals surface area contributed by atoms with Crippen LogP contribution in [0.1, 0.15) is 77.8 Å². The Balaban J connectivity index is 1.27. The molecule has 0 aliphatic heterocycles. The molecule has 0 saturated heterocycles. The highest BCUT2D eigenvalue weighted by molar-refractivity contribution is 5.27. The van der Waals surface area contributed by atoms with Crippen molar-refractivity contribution in [2.45, 2.75) is 91.3 Å². The molecule has 6 rings (SSSR count). The topological polar surface area (TPSA) is 31.4 Å². The first kappa shape index (κ1) is 20.5. The van der Waals surface area contributed by atoms with Gasteiger partial charge in [-0.3, -0.25) is 4.98 Å². The fraction of sp³-hybridized carbons (Fsp3) is 0.821. The Kier molecular flexibility index (Phi) is 4.44. The Hall–Kier alpha value is -1.09. The second-order valence-electron chi connectivity index (χ2n) is 12.4. The Morgan fingerprint density at radius 3 is 2.68 bits per heavy atom.